The molecule has 0 aromatic heterocycles. The van der Waals surface area contributed by atoms with Gasteiger partial charge in [0.25, 0.3) is 8.32 Å². The van der Waals surface area contributed by atoms with Crippen molar-refractivity contribution < 1.29 is 9.53 Å². The number of halogens is 1. The van der Waals surface area contributed by atoms with Gasteiger partial charge in [0.1, 0.15) is 0 Å². The molecule has 0 bridgehead atoms. The minimum atomic E-state index is -2.51. The molecular formula is C21H29ClO2Si. The number of alkyl halides is 1. The van der Waals surface area contributed by atoms with E-state index in [1.165, 1.54) is 10.4 Å². The smallest absolute Gasteiger partial charge is 0.261 e. The Kier molecular flexibility index (Phi) is 6.86. The summed E-state index contributed by atoms with van der Waals surface area (Å²) in [5, 5.41) is 11.5. The van der Waals surface area contributed by atoms with Crippen LogP contribution in [0.1, 0.15) is 27.7 Å². The average molecular weight is 377 g/mol. The van der Waals surface area contributed by atoms with E-state index in [2.05, 4.69) is 69.3 Å². The lowest BCUT2D eigenvalue weighted by molar-refractivity contribution is 0.204. The van der Waals surface area contributed by atoms with Gasteiger partial charge in [-0.05, 0) is 21.3 Å². The average Bonchev–Trinajstić information content (AvgIpc) is 2.62. The Bertz CT molecular complexity index is 600. The van der Waals surface area contributed by atoms with E-state index >= 15 is 0 Å². The third kappa shape index (κ3) is 4.35. The first-order valence-electron chi connectivity index (χ1n) is 8.83. The van der Waals surface area contributed by atoms with E-state index in [0.29, 0.717) is 6.61 Å². The first-order chi connectivity index (χ1) is 11.8. The molecule has 25 heavy (non-hydrogen) atoms. The van der Waals surface area contributed by atoms with Crippen LogP contribution in [0.4, 0.5) is 0 Å². The number of hydrogen-bond donors (Lipinski definition) is 1. The second-order valence-corrected chi connectivity index (χ2v) is 12.5. The number of aliphatic hydroxyl groups is 1. The first kappa shape index (κ1) is 20.2. The molecule has 0 aliphatic heterocycles. The minimum Gasteiger partial charge on any atom is -0.407 e. The van der Waals surface area contributed by atoms with Crippen LogP contribution in [0.25, 0.3) is 0 Å². The number of rotatable bonds is 7. The third-order valence-electron chi connectivity index (χ3n) is 4.77. The lowest BCUT2D eigenvalue weighted by Crippen LogP contribution is -2.67. The van der Waals surface area contributed by atoms with E-state index in [0.717, 1.165) is 0 Å². The quantitative estimate of drug-likeness (QED) is 0.588. The normalized spacial score (nSPS) is 15.0. The summed E-state index contributed by atoms with van der Waals surface area (Å²) in [5.41, 5.74) is 0. The zero-order chi connectivity index (χ0) is 18.5. The largest absolute Gasteiger partial charge is 0.407 e. The molecule has 0 unspecified atom stereocenters. The Morgan fingerprint density at radius 3 is 1.76 bits per heavy atom. The van der Waals surface area contributed by atoms with Gasteiger partial charge < -0.3 is 9.53 Å². The van der Waals surface area contributed by atoms with Crippen molar-refractivity contribution in [1.82, 2.24) is 0 Å². The second-order valence-electron chi connectivity index (χ2n) is 7.65. The van der Waals surface area contributed by atoms with Crippen LogP contribution in [0.3, 0.4) is 0 Å². The fourth-order valence-corrected chi connectivity index (χ4v) is 8.04. The van der Waals surface area contributed by atoms with E-state index in [-0.39, 0.29) is 22.9 Å². The molecule has 2 atom stereocenters. The molecule has 0 aliphatic rings. The summed E-state index contributed by atoms with van der Waals surface area (Å²) >= 11 is 6.24. The van der Waals surface area contributed by atoms with E-state index in [1.54, 1.807) is 0 Å². The van der Waals surface area contributed by atoms with Crippen molar-refractivity contribution in [1.29, 1.82) is 0 Å². The Hall–Kier alpha value is -1.13. The van der Waals surface area contributed by atoms with Crippen LogP contribution >= 0.6 is 11.6 Å². The van der Waals surface area contributed by atoms with Gasteiger partial charge in [-0.2, -0.15) is 0 Å². The van der Waals surface area contributed by atoms with E-state index in [4.69, 9.17) is 16.0 Å². The van der Waals surface area contributed by atoms with Crippen LogP contribution in [0, 0.1) is 5.92 Å². The summed E-state index contributed by atoms with van der Waals surface area (Å²) in [6.07, 6.45) is 0. The molecular weight excluding hydrogens is 348 g/mol. The molecule has 0 saturated carbocycles. The van der Waals surface area contributed by atoms with Gasteiger partial charge in [-0.3, -0.25) is 0 Å². The van der Waals surface area contributed by atoms with E-state index in [9.17, 15) is 5.11 Å². The molecule has 2 nitrogen and oxygen atoms in total. The molecule has 136 valence electrons. The Morgan fingerprint density at radius 1 is 0.960 bits per heavy atom. The van der Waals surface area contributed by atoms with Gasteiger partial charge >= 0.3 is 0 Å². The predicted octanol–water partition coefficient (Wildman–Crippen LogP) is 3.80. The van der Waals surface area contributed by atoms with E-state index < -0.39 is 8.32 Å². The van der Waals surface area contributed by atoms with Crippen molar-refractivity contribution in [2.45, 2.75) is 38.1 Å². The monoisotopic (exact) mass is 376 g/mol. The van der Waals surface area contributed by atoms with Crippen LogP contribution in [0.5, 0.6) is 0 Å². The predicted molar refractivity (Wildman–Crippen MR) is 109 cm³/mol. The second kappa shape index (κ2) is 8.50. The first-order valence-corrected chi connectivity index (χ1v) is 11.2. The summed E-state index contributed by atoms with van der Waals surface area (Å²) in [6, 6.07) is 21.1. The van der Waals surface area contributed by atoms with Crippen molar-refractivity contribution in [2.75, 3.05) is 13.2 Å². The molecule has 0 radical (unpaired) electrons. The highest BCUT2D eigenvalue weighted by molar-refractivity contribution is 6.99. The SMILES string of the molecule is C[C@H](CO[Si](c1ccccc1)(c1ccccc1)C(C)(C)C)[C@@H](Cl)CO. The van der Waals surface area contributed by atoms with Gasteiger partial charge in [0.15, 0.2) is 0 Å². The highest BCUT2D eigenvalue weighted by atomic mass is 35.5. The summed E-state index contributed by atoms with van der Waals surface area (Å²) in [7, 11) is -2.51. The van der Waals surface area contributed by atoms with Crippen molar-refractivity contribution in [3.63, 3.8) is 0 Å². The maximum absolute atomic E-state index is 9.35. The number of aliphatic hydroxyl groups excluding tert-OH is 1. The molecule has 0 fully saturated rings. The van der Waals surface area contributed by atoms with Crippen LogP contribution in [-0.2, 0) is 4.43 Å². The van der Waals surface area contributed by atoms with Gasteiger partial charge in [-0.25, -0.2) is 0 Å². The molecule has 0 spiro atoms. The van der Waals surface area contributed by atoms with Gasteiger partial charge in [0.2, 0.25) is 0 Å². The summed E-state index contributed by atoms with van der Waals surface area (Å²) < 4.78 is 6.79. The van der Waals surface area contributed by atoms with Crippen molar-refractivity contribution in [2.24, 2.45) is 5.92 Å². The van der Waals surface area contributed by atoms with Crippen molar-refractivity contribution in [3.05, 3.63) is 60.7 Å². The fraction of sp³-hybridized carbons (Fsp3) is 0.429. The van der Waals surface area contributed by atoms with Gasteiger partial charge in [0.05, 0.1) is 12.0 Å². The molecule has 0 aliphatic carbocycles. The maximum atomic E-state index is 9.35. The molecule has 2 aromatic rings. The lowest BCUT2D eigenvalue weighted by Gasteiger charge is -2.43. The summed E-state index contributed by atoms with van der Waals surface area (Å²) in [5.74, 6) is 0.0771. The molecule has 0 amide bonds. The standard InChI is InChI=1S/C21H29ClO2Si/c1-17(20(22)15-23)16-24-25(21(2,3)4,18-11-7-5-8-12-18)19-13-9-6-10-14-19/h5-14,17,20,23H,15-16H2,1-4H3/t17-,20+/m1/s1. The van der Waals surface area contributed by atoms with Gasteiger partial charge in [-0.1, -0.05) is 88.4 Å². The molecule has 1 N–H and O–H groups in total. The topological polar surface area (TPSA) is 29.5 Å². The third-order valence-corrected chi connectivity index (χ3v) is 10.3. The van der Waals surface area contributed by atoms with Crippen LogP contribution in [0.15, 0.2) is 60.7 Å². The van der Waals surface area contributed by atoms with E-state index in [1.807, 2.05) is 19.1 Å². The molecule has 2 rings (SSSR count). The van der Waals surface area contributed by atoms with Crippen molar-refractivity contribution in [3.8, 4) is 0 Å². The zero-order valence-corrected chi connectivity index (χ0v) is 17.3. The summed E-state index contributed by atoms with van der Waals surface area (Å²) in [6.45, 7) is 9.30. The Morgan fingerprint density at radius 2 is 1.40 bits per heavy atom. The highest BCUT2D eigenvalue weighted by Gasteiger charge is 2.50. The Labute approximate surface area is 157 Å². The van der Waals surface area contributed by atoms with Crippen LogP contribution in [-0.4, -0.2) is 32.0 Å². The molecule has 0 heterocycles. The summed E-state index contributed by atoms with van der Waals surface area (Å²) in [4.78, 5) is 0. The minimum absolute atomic E-state index is 0.0349. The van der Waals surface area contributed by atoms with Gasteiger partial charge in [0, 0.05) is 6.61 Å². The zero-order valence-electron chi connectivity index (χ0n) is 15.6. The van der Waals surface area contributed by atoms with Crippen LogP contribution < -0.4 is 10.4 Å². The van der Waals surface area contributed by atoms with Crippen LogP contribution in [0.2, 0.25) is 5.04 Å². The lowest BCUT2D eigenvalue weighted by atomic mass is 10.1. The number of hydrogen-bond acceptors (Lipinski definition) is 2. The molecule has 0 saturated heterocycles. The molecule has 2 aromatic carbocycles. The van der Waals surface area contributed by atoms with Gasteiger partial charge in [-0.15, -0.1) is 11.6 Å². The van der Waals surface area contributed by atoms with Crippen molar-refractivity contribution >= 4 is 30.3 Å². The highest BCUT2D eigenvalue weighted by Crippen LogP contribution is 2.37. The molecule has 4 heteroatoms. The number of benzene rings is 2. The Balaban J connectivity index is 2.53. The fourth-order valence-electron chi connectivity index (χ4n) is 3.30. The maximum Gasteiger partial charge on any atom is 0.261 e.